The molecule has 1 aromatic heterocycles. The molecule has 1 fully saturated rings. The lowest BCUT2D eigenvalue weighted by Gasteiger charge is -2.19. The summed E-state index contributed by atoms with van der Waals surface area (Å²) in [5.74, 6) is -0.0333. The molecule has 1 aliphatic rings. The maximum atomic E-state index is 11.8. The lowest BCUT2D eigenvalue weighted by molar-refractivity contribution is -0.130. The predicted octanol–water partition coefficient (Wildman–Crippen LogP) is 1.16. The van der Waals surface area contributed by atoms with Crippen molar-refractivity contribution in [2.24, 2.45) is 0 Å². The van der Waals surface area contributed by atoms with Gasteiger partial charge in [-0.2, -0.15) is 0 Å². The number of rotatable bonds is 3. The van der Waals surface area contributed by atoms with E-state index in [9.17, 15) is 9.59 Å². The Morgan fingerprint density at radius 1 is 1.47 bits per heavy atom. The molecule has 0 radical (unpaired) electrons. The molecule has 0 aromatic carbocycles. The van der Waals surface area contributed by atoms with Crippen LogP contribution in [0.2, 0.25) is 0 Å². The Morgan fingerprint density at radius 2 is 2.29 bits per heavy atom. The number of nitrogens with one attached hydrogen (secondary N) is 1. The zero-order valence-electron chi connectivity index (χ0n) is 9.86. The van der Waals surface area contributed by atoms with Crippen LogP contribution in [-0.2, 0) is 22.6 Å². The molecule has 2 heterocycles. The van der Waals surface area contributed by atoms with Crippen molar-refractivity contribution in [2.75, 3.05) is 13.1 Å². The Kier molecular flexibility index (Phi) is 3.78. The summed E-state index contributed by atoms with van der Waals surface area (Å²) in [4.78, 5) is 26.0. The summed E-state index contributed by atoms with van der Waals surface area (Å²) < 4.78 is 0. The van der Waals surface area contributed by atoms with E-state index >= 15 is 0 Å². The molecule has 2 rings (SSSR count). The Morgan fingerprint density at radius 3 is 3.06 bits per heavy atom. The summed E-state index contributed by atoms with van der Waals surface area (Å²) >= 11 is 1.68. The molecule has 1 saturated heterocycles. The highest BCUT2D eigenvalue weighted by molar-refractivity contribution is 7.10. The van der Waals surface area contributed by atoms with Gasteiger partial charge in [0.15, 0.2) is 0 Å². The monoisotopic (exact) mass is 252 g/mol. The first kappa shape index (κ1) is 12.1. The van der Waals surface area contributed by atoms with E-state index < -0.39 is 0 Å². The molecule has 0 unspecified atom stereocenters. The van der Waals surface area contributed by atoms with Gasteiger partial charge in [-0.15, -0.1) is 11.3 Å². The van der Waals surface area contributed by atoms with Crippen LogP contribution in [-0.4, -0.2) is 29.8 Å². The van der Waals surface area contributed by atoms with Crippen molar-refractivity contribution in [2.45, 2.75) is 26.3 Å². The number of amides is 2. The lowest BCUT2D eigenvalue weighted by Crippen LogP contribution is -2.34. The molecule has 2 amide bonds. The van der Waals surface area contributed by atoms with E-state index in [2.05, 4.69) is 23.7 Å². The van der Waals surface area contributed by atoms with Gasteiger partial charge in [-0.1, -0.05) is 6.92 Å². The third kappa shape index (κ3) is 2.85. The highest BCUT2D eigenvalue weighted by Gasteiger charge is 2.21. The Bertz CT molecular complexity index is 428. The minimum atomic E-state index is -0.0391. The Labute approximate surface area is 105 Å². The second-order valence-corrected chi connectivity index (χ2v) is 5.07. The summed E-state index contributed by atoms with van der Waals surface area (Å²) in [6.07, 6.45) is 1.39. The number of carbonyl (C=O) groups excluding carboxylic acids is 2. The number of hydrogen-bond acceptors (Lipinski definition) is 3. The zero-order chi connectivity index (χ0) is 12.3. The number of hydrogen-bond donors (Lipinski definition) is 1. The van der Waals surface area contributed by atoms with E-state index in [-0.39, 0.29) is 18.4 Å². The van der Waals surface area contributed by atoms with Gasteiger partial charge in [0.2, 0.25) is 11.8 Å². The highest BCUT2D eigenvalue weighted by atomic mass is 32.1. The van der Waals surface area contributed by atoms with Gasteiger partial charge in [-0.05, 0) is 23.4 Å². The fourth-order valence-electron chi connectivity index (χ4n) is 1.90. The fraction of sp³-hybridized carbons (Fsp3) is 0.500. The molecule has 4 nitrogen and oxygen atoms in total. The molecule has 17 heavy (non-hydrogen) atoms. The molecule has 0 bridgehead atoms. The standard InChI is InChI=1S/C12H16N2O2S/c1-2-9-4-6-17-10(9)8-14-5-3-11(15)13-7-12(14)16/h4,6H,2-3,5,7-8H2,1H3,(H,13,15). The van der Waals surface area contributed by atoms with Gasteiger partial charge in [-0.3, -0.25) is 9.59 Å². The van der Waals surface area contributed by atoms with Gasteiger partial charge in [0.25, 0.3) is 0 Å². The van der Waals surface area contributed by atoms with E-state index in [1.807, 2.05) is 0 Å². The van der Waals surface area contributed by atoms with Crippen LogP contribution >= 0.6 is 11.3 Å². The minimum Gasteiger partial charge on any atom is -0.347 e. The molecular formula is C12H16N2O2S. The number of aryl methyl sites for hydroxylation is 1. The van der Waals surface area contributed by atoms with Crippen LogP contribution in [0.4, 0.5) is 0 Å². The topological polar surface area (TPSA) is 49.4 Å². The van der Waals surface area contributed by atoms with Crippen molar-refractivity contribution >= 4 is 23.2 Å². The molecule has 92 valence electrons. The molecule has 1 aromatic rings. The summed E-state index contributed by atoms with van der Waals surface area (Å²) in [5.41, 5.74) is 1.30. The van der Waals surface area contributed by atoms with Crippen LogP contribution in [0.1, 0.15) is 23.8 Å². The summed E-state index contributed by atoms with van der Waals surface area (Å²) in [6.45, 7) is 3.40. The molecule has 0 atom stereocenters. The van der Waals surface area contributed by atoms with Crippen molar-refractivity contribution in [1.29, 1.82) is 0 Å². The van der Waals surface area contributed by atoms with E-state index in [1.165, 1.54) is 10.4 Å². The Hall–Kier alpha value is -1.36. The number of carbonyl (C=O) groups is 2. The maximum absolute atomic E-state index is 11.8. The van der Waals surface area contributed by atoms with E-state index in [1.54, 1.807) is 16.2 Å². The van der Waals surface area contributed by atoms with Gasteiger partial charge in [-0.25, -0.2) is 0 Å². The second kappa shape index (κ2) is 5.31. The van der Waals surface area contributed by atoms with E-state index in [0.717, 1.165) is 6.42 Å². The van der Waals surface area contributed by atoms with Crippen molar-refractivity contribution in [3.8, 4) is 0 Å². The summed E-state index contributed by atoms with van der Waals surface area (Å²) in [6, 6.07) is 2.10. The van der Waals surface area contributed by atoms with Crippen LogP contribution in [0.3, 0.4) is 0 Å². The van der Waals surface area contributed by atoms with Crippen LogP contribution in [0, 0.1) is 0 Å². The molecular weight excluding hydrogens is 236 g/mol. The first-order valence-corrected chi connectivity index (χ1v) is 6.68. The van der Waals surface area contributed by atoms with E-state index in [0.29, 0.717) is 19.5 Å². The van der Waals surface area contributed by atoms with E-state index in [4.69, 9.17) is 0 Å². The SMILES string of the molecule is CCc1ccsc1CN1CCC(=O)NCC1=O. The average molecular weight is 252 g/mol. The zero-order valence-corrected chi connectivity index (χ0v) is 10.7. The molecule has 0 saturated carbocycles. The average Bonchev–Trinajstić information content (AvgIpc) is 2.71. The normalized spacial score (nSPS) is 16.9. The number of nitrogens with zero attached hydrogens (tertiary/aromatic N) is 1. The van der Waals surface area contributed by atoms with Crippen LogP contribution < -0.4 is 5.32 Å². The fourth-order valence-corrected chi connectivity index (χ4v) is 2.89. The molecule has 0 aliphatic carbocycles. The van der Waals surface area contributed by atoms with Crippen molar-refractivity contribution in [3.63, 3.8) is 0 Å². The van der Waals surface area contributed by atoms with Gasteiger partial charge in [0.05, 0.1) is 13.1 Å². The first-order valence-electron chi connectivity index (χ1n) is 5.80. The van der Waals surface area contributed by atoms with Gasteiger partial charge >= 0.3 is 0 Å². The smallest absolute Gasteiger partial charge is 0.242 e. The van der Waals surface area contributed by atoms with Gasteiger partial charge in [0.1, 0.15) is 0 Å². The largest absolute Gasteiger partial charge is 0.347 e. The quantitative estimate of drug-likeness (QED) is 0.877. The Balaban J connectivity index is 2.07. The van der Waals surface area contributed by atoms with Crippen molar-refractivity contribution in [1.82, 2.24) is 10.2 Å². The number of thiophene rings is 1. The second-order valence-electron chi connectivity index (χ2n) is 4.06. The summed E-state index contributed by atoms with van der Waals surface area (Å²) in [7, 11) is 0. The molecule has 1 N–H and O–H groups in total. The lowest BCUT2D eigenvalue weighted by atomic mass is 10.2. The predicted molar refractivity (Wildman–Crippen MR) is 66.7 cm³/mol. The van der Waals surface area contributed by atoms with Crippen molar-refractivity contribution < 1.29 is 9.59 Å². The molecule has 1 aliphatic heterocycles. The van der Waals surface area contributed by atoms with Crippen LogP contribution in [0.25, 0.3) is 0 Å². The van der Waals surface area contributed by atoms with Crippen LogP contribution in [0.5, 0.6) is 0 Å². The minimum absolute atomic E-state index is 0.00584. The molecule has 0 spiro atoms. The van der Waals surface area contributed by atoms with Gasteiger partial charge in [0, 0.05) is 17.8 Å². The third-order valence-electron chi connectivity index (χ3n) is 2.95. The first-order chi connectivity index (χ1) is 8.20. The maximum Gasteiger partial charge on any atom is 0.242 e. The van der Waals surface area contributed by atoms with Crippen molar-refractivity contribution in [3.05, 3.63) is 21.9 Å². The molecule has 5 heteroatoms. The third-order valence-corrected chi connectivity index (χ3v) is 3.90. The van der Waals surface area contributed by atoms with Crippen LogP contribution in [0.15, 0.2) is 11.4 Å². The summed E-state index contributed by atoms with van der Waals surface area (Å²) in [5, 5.41) is 4.66. The van der Waals surface area contributed by atoms with Gasteiger partial charge < -0.3 is 10.2 Å². The highest BCUT2D eigenvalue weighted by Crippen LogP contribution is 2.20.